The first-order valence-corrected chi connectivity index (χ1v) is 5.93. The van der Waals surface area contributed by atoms with Gasteiger partial charge in [-0.2, -0.15) is 0 Å². The lowest BCUT2D eigenvalue weighted by Gasteiger charge is -2.41. The van der Waals surface area contributed by atoms with E-state index >= 15 is 0 Å². The molecule has 2 aliphatic heterocycles. The van der Waals surface area contributed by atoms with Crippen LogP contribution in [0.3, 0.4) is 0 Å². The molecule has 0 radical (unpaired) electrons. The predicted molar refractivity (Wildman–Crippen MR) is 61.3 cm³/mol. The van der Waals surface area contributed by atoms with E-state index in [0.717, 1.165) is 26.1 Å². The number of ether oxygens (including phenoxy) is 1. The molecule has 1 amide bonds. The second-order valence-electron chi connectivity index (χ2n) is 4.87. The molecule has 0 aromatic rings. The van der Waals surface area contributed by atoms with Gasteiger partial charge in [0.15, 0.2) is 0 Å². The van der Waals surface area contributed by atoms with Crippen LogP contribution in [0.5, 0.6) is 0 Å². The summed E-state index contributed by atoms with van der Waals surface area (Å²) in [6.45, 7) is 3.84. The maximum absolute atomic E-state index is 12.2. The fourth-order valence-corrected chi connectivity index (χ4v) is 2.27. The Balaban J connectivity index is 1.98. The van der Waals surface area contributed by atoms with Crippen molar-refractivity contribution in [2.75, 3.05) is 46.9 Å². The van der Waals surface area contributed by atoms with Gasteiger partial charge in [0, 0.05) is 19.7 Å². The van der Waals surface area contributed by atoms with Gasteiger partial charge in [0.25, 0.3) is 0 Å². The van der Waals surface area contributed by atoms with Crippen molar-refractivity contribution in [3.8, 4) is 0 Å². The molecule has 0 aromatic heterocycles. The molecule has 0 spiro atoms. The van der Waals surface area contributed by atoms with Crippen molar-refractivity contribution in [2.24, 2.45) is 0 Å². The molecular weight excluding hydrogens is 206 g/mol. The van der Waals surface area contributed by atoms with E-state index in [-0.39, 0.29) is 5.91 Å². The highest BCUT2D eigenvalue weighted by atomic mass is 16.5. The SMILES string of the molecule is CN(C)CC(=O)N(C1CNC1)C1CCOC1. The largest absolute Gasteiger partial charge is 0.379 e. The highest BCUT2D eigenvalue weighted by molar-refractivity contribution is 5.79. The van der Waals surface area contributed by atoms with Gasteiger partial charge in [0.2, 0.25) is 5.91 Å². The molecule has 1 unspecified atom stereocenters. The number of carbonyl (C=O) groups is 1. The third-order valence-electron chi connectivity index (χ3n) is 3.19. The second-order valence-corrected chi connectivity index (χ2v) is 4.87. The number of rotatable bonds is 4. The summed E-state index contributed by atoms with van der Waals surface area (Å²) in [5.41, 5.74) is 0. The first-order valence-electron chi connectivity index (χ1n) is 5.93. The lowest BCUT2D eigenvalue weighted by molar-refractivity contribution is -0.138. The molecule has 5 heteroatoms. The number of nitrogens with one attached hydrogen (secondary N) is 1. The predicted octanol–water partition coefficient (Wildman–Crippen LogP) is -0.863. The summed E-state index contributed by atoms with van der Waals surface area (Å²) in [5, 5.41) is 3.23. The van der Waals surface area contributed by atoms with Crippen LogP contribution in [-0.4, -0.2) is 74.7 Å². The average Bonchev–Trinajstić information content (AvgIpc) is 2.61. The highest BCUT2D eigenvalue weighted by Gasteiger charge is 2.35. The van der Waals surface area contributed by atoms with Gasteiger partial charge in [0.1, 0.15) is 0 Å². The van der Waals surface area contributed by atoms with E-state index in [0.29, 0.717) is 25.2 Å². The van der Waals surface area contributed by atoms with Gasteiger partial charge in [0.05, 0.1) is 25.2 Å². The summed E-state index contributed by atoms with van der Waals surface area (Å²) < 4.78 is 5.38. The van der Waals surface area contributed by atoms with Crippen LogP contribution < -0.4 is 5.32 Å². The molecular formula is C11H21N3O2. The lowest BCUT2D eigenvalue weighted by Crippen LogP contribution is -2.63. The summed E-state index contributed by atoms with van der Waals surface area (Å²) in [4.78, 5) is 16.1. The zero-order valence-corrected chi connectivity index (χ0v) is 10.1. The number of nitrogens with zero attached hydrogens (tertiary/aromatic N) is 2. The van der Waals surface area contributed by atoms with Crippen molar-refractivity contribution in [1.29, 1.82) is 0 Å². The lowest BCUT2D eigenvalue weighted by atomic mass is 10.1. The van der Waals surface area contributed by atoms with Gasteiger partial charge >= 0.3 is 0 Å². The van der Waals surface area contributed by atoms with E-state index in [1.54, 1.807) is 0 Å². The second kappa shape index (κ2) is 5.12. The normalized spacial score (nSPS) is 25.8. The standard InChI is InChI=1S/C11H21N3O2/c1-13(2)7-11(15)14(10-5-12-6-10)9-3-4-16-8-9/h9-10,12H,3-8H2,1-2H3. The summed E-state index contributed by atoms with van der Waals surface area (Å²) in [7, 11) is 3.86. The van der Waals surface area contributed by atoms with Crippen LogP contribution in [0.1, 0.15) is 6.42 Å². The fourth-order valence-electron chi connectivity index (χ4n) is 2.27. The smallest absolute Gasteiger partial charge is 0.237 e. The minimum absolute atomic E-state index is 0.229. The van der Waals surface area contributed by atoms with Crippen LogP contribution in [-0.2, 0) is 9.53 Å². The molecule has 0 aromatic carbocycles. The molecule has 2 fully saturated rings. The van der Waals surface area contributed by atoms with Crippen molar-refractivity contribution >= 4 is 5.91 Å². The first-order chi connectivity index (χ1) is 7.68. The van der Waals surface area contributed by atoms with E-state index in [2.05, 4.69) is 5.32 Å². The van der Waals surface area contributed by atoms with E-state index in [4.69, 9.17) is 4.74 Å². The third kappa shape index (κ3) is 2.53. The number of hydrogen-bond acceptors (Lipinski definition) is 4. The van der Waals surface area contributed by atoms with Crippen LogP contribution in [0.2, 0.25) is 0 Å². The van der Waals surface area contributed by atoms with Crippen molar-refractivity contribution in [1.82, 2.24) is 15.1 Å². The van der Waals surface area contributed by atoms with E-state index in [1.165, 1.54) is 0 Å². The summed E-state index contributed by atoms with van der Waals surface area (Å²) >= 11 is 0. The van der Waals surface area contributed by atoms with Gasteiger partial charge in [-0.15, -0.1) is 0 Å². The molecule has 2 aliphatic rings. The van der Waals surface area contributed by atoms with Crippen molar-refractivity contribution < 1.29 is 9.53 Å². The molecule has 0 bridgehead atoms. The van der Waals surface area contributed by atoms with Gasteiger partial charge in [-0.05, 0) is 20.5 Å². The Hall–Kier alpha value is -0.650. The van der Waals surface area contributed by atoms with Crippen LogP contribution in [0.15, 0.2) is 0 Å². The maximum atomic E-state index is 12.2. The molecule has 2 heterocycles. The molecule has 0 aliphatic carbocycles. The molecule has 16 heavy (non-hydrogen) atoms. The first kappa shape index (κ1) is 11.8. The van der Waals surface area contributed by atoms with E-state index in [9.17, 15) is 4.79 Å². The third-order valence-corrected chi connectivity index (χ3v) is 3.19. The molecule has 5 nitrogen and oxygen atoms in total. The number of likely N-dealkylation sites (N-methyl/N-ethyl adjacent to an activating group) is 1. The quantitative estimate of drug-likeness (QED) is 0.678. The Bertz CT molecular complexity index is 248. The number of amides is 1. The number of carbonyl (C=O) groups excluding carboxylic acids is 1. The molecule has 1 atom stereocenters. The Morgan fingerprint density at radius 1 is 1.38 bits per heavy atom. The number of hydrogen-bond donors (Lipinski definition) is 1. The van der Waals surface area contributed by atoms with Gasteiger partial charge in [-0.1, -0.05) is 0 Å². The summed E-state index contributed by atoms with van der Waals surface area (Å²) in [6, 6.07) is 0.665. The van der Waals surface area contributed by atoms with Crippen molar-refractivity contribution in [2.45, 2.75) is 18.5 Å². The Morgan fingerprint density at radius 3 is 2.56 bits per heavy atom. The molecule has 92 valence electrons. The van der Waals surface area contributed by atoms with E-state index < -0.39 is 0 Å². The van der Waals surface area contributed by atoms with Gasteiger partial charge < -0.3 is 19.9 Å². The van der Waals surface area contributed by atoms with Gasteiger partial charge in [-0.3, -0.25) is 4.79 Å². The van der Waals surface area contributed by atoms with Gasteiger partial charge in [-0.25, -0.2) is 0 Å². The van der Waals surface area contributed by atoms with Crippen LogP contribution in [0, 0.1) is 0 Å². The monoisotopic (exact) mass is 227 g/mol. The minimum Gasteiger partial charge on any atom is -0.379 e. The zero-order chi connectivity index (χ0) is 11.5. The Kier molecular flexibility index (Phi) is 3.78. The summed E-state index contributed by atoms with van der Waals surface area (Å²) in [6.07, 6.45) is 0.982. The fraction of sp³-hybridized carbons (Fsp3) is 0.909. The zero-order valence-electron chi connectivity index (χ0n) is 10.1. The molecule has 2 rings (SSSR count). The topological polar surface area (TPSA) is 44.8 Å². The molecule has 2 saturated heterocycles. The van der Waals surface area contributed by atoms with Crippen molar-refractivity contribution in [3.63, 3.8) is 0 Å². The molecule has 0 saturated carbocycles. The van der Waals surface area contributed by atoms with Crippen LogP contribution in [0.25, 0.3) is 0 Å². The maximum Gasteiger partial charge on any atom is 0.237 e. The Labute approximate surface area is 96.7 Å². The minimum atomic E-state index is 0.229. The van der Waals surface area contributed by atoms with Crippen LogP contribution in [0.4, 0.5) is 0 Å². The Morgan fingerprint density at radius 2 is 2.12 bits per heavy atom. The highest BCUT2D eigenvalue weighted by Crippen LogP contribution is 2.18. The van der Waals surface area contributed by atoms with Crippen LogP contribution >= 0.6 is 0 Å². The average molecular weight is 227 g/mol. The summed E-state index contributed by atoms with van der Waals surface area (Å²) in [5.74, 6) is 0.229. The van der Waals surface area contributed by atoms with Crippen molar-refractivity contribution in [3.05, 3.63) is 0 Å². The molecule has 1 N–H and O–H groups in total. The van der Waals surface area contributed by atoms with E-state index in [1.807, 2.05) is 23.9 Å².